The van der Waals surface area contributed by atoms with Crippen LogP contribution in [-0.2, 0) is 16.4 Å². The molecule has 1 N–H and O–H groups in total. The van der Waals surface area contributed by atoms with Gasteiger partial charge in [-0.2, -0.15) is 0 Å². The van der Waals surface area contributed by atoms with Crippen molar-refractivity contribution < 1.29 is 18.3 Å². The molecule has 1 radical (unpaired) electrons. The van der Waals surface area contributed by atoms with Crippen LogP contribution in [0.3, 0.4) is 0 Å². The van der Waals surface area contributed by atoms with Crippen molar-refractivity contribution >= 4 is 9.84 Å². The largest absolute Gasteiger partial charge is 0.494 e. The fraction of sp³-hybridized carbons (Fsp3) is 0.455. The molecule has 1 rings (SSSR count). The van der Waals surface area contributed by atoms with Gasteiger partial charge in [0.2, 0.25) is 0 Å². The zero-order valence-electron chi connectivity index (χ0n) is 9.14. The van der Waals surface area contributed by atoms with Crippen LogP contribution in [0, 0.1) is 6.07 Å². The number of aliphatic hydroxyl groups excluding tert-OH is 1. The lowest BCUT2D eigenvalue weighted by Crippen LogP contribution is -2.08. The second kappa shape index (κ2) is 5.86. The molecule has 0 atom stereocenters. The minimum absolute atomic E-state index is 0.0828. The van der Waals surface area contributed by atoms with Gasteiger partial charge < -0.3 is 9.84 Å². The van der Waals surface area contributed by atoms with Crippen LogP contribution in [0.5, 0.6) is 5.75 Å². The minimum Gasteiger partial charge on any atom is -0.494 e. The molecule has 5 heteroatoms. The van der Waals surface area contributed by atoms with Gasteiger partial charge >= 0.3 is 0 Å². The second-order valence-electron chi connectivity index (χ2n) is 3.54. The van der Waals surface area contributed by atoms with Crippen LogP contribution in [-0.4, -0.2) is 32.1 Å². The highest BCUT2D eigenvalue weighted by Gasteiger charge is 2.02. The van der Waals surface area contributed by atoms with Crippen molar-refractivity contribution in [3.63, 3.8) is 0 Å². The van der Waals surface area contributed by atoms with Gasteiger partial charge in [0.15, 0.2) is 0 Å². The molecule has 0 unspecified atom stereocenters. The second-order valence-corrected chi connectivity index (χ2v) is 5.80. The van der Waals surface area contributed by atoms with Gasteiger partial charge in [-0.1, -0.05) is 6.07 Å². The van der Waals surface area contributed by atoms with Crippen molar-refractivity contribution in [1.29, 1.82) is 0 Å². The van der Waals surface area contributed by atoms with Crippen molar-refractivity contribution in [1.82, 2.24) is 0 Å². The van der Waals surface area contributed by atoms with Crippen molar-refractivity contribution in [2.75, 3.05) is 18.6 Å². The van der Waals surface area contributed by atoms with Crippen molar-refractivity contribution in [3.05, 3.63) is 29.8 Å². The van der Waals surface area contributed by atoms with E-state index in [4.69, 9.17) is 9.84 Å². The SMILES string of the molecule is CS(=O)(=O)CCCOc1cc[c]c(CO)c1. The first-order valence-electron chi connectivity index (χ1n) is 4.93. The Kier molecular flexibility index (Phi) is 4.76. The molecule has 0 saturated heterocycles. The molecule has 0 aliphatic heterocycles. The quantitative estimate of drug-likeness (QED) is 0.750. The molecule has 16 heavy (non-hydrogen) atoms. The van der Waals surface area contributed by atoms with E-state index in [1.54, 1.807) is 18.2 Å². The van der Waals surface area contributed by atoms with E-state index in [-0.39, 0.29) is 12.4 Å². The van der Waals surface area contributed by atoms with Gasteiger partial charge in [-0.05, 0) is 30.2 Å². The van der Waals surface area contributed by atoms with Gasteiger partial charge in [0.05, 0.1) is 19.0 Å². The Morgan fingerprint density at radius 1 is 1.50 bits per heavy atom. The smallest absolute Gasteiger partial charge is 0.147 e. The average molecular weight is 243 g/mol. The van der Waals surface area contributed by atoms with E-state index in [9.17, 15) is 8.42 Å². The molecule has 1 aromatic carbocycles. The monoisotopic (exact) mass is 243 g/mol. The highest BCUT2D eigenvalue weighted by atomic mass is 32.2. The molecule has 4 nitrogen and oxygen atoms in total. The summed E-state index contributed by atoms with van der Waals surface area (Å²) in [5, 5.41) is 8.87. The fourth-order valence-corrected chi connectivity index (χ4v) is 1.83. The lowest BCUT2D eigenvalue weighted by molar-refractivity contribution is 0.279. The van der Waals surface area contributed by atoms with Crippen molar-refractivity contribution in [3.8, 4) is 5.75 Å². The van der Waals surface area contributed by atoms with Gasteiger partial charge in [-0.25, -0.2) is 8.42 Å². The standard InChI is InChI=1S/C11H15O4S/c1-16(13,14)7-3-6-15-11-5-2-4-10(8-11)9-12/h2,5,8,12H,3,6-7,9H2,1H3. The third kappa shape index (κ3) is 5.14. The van der Waals surface area contributed by atoms with Gasteiger partial charge in [0, 0.05) is 6.26 Å². The highest BCUT2D eigenvalue weighted by Crippen LogP contribution is 2.12. The van der Waals surface area contributed by atoms with E-state index in [2.05, 4.69) is 6.07 Å². The van der Waals surface area contributed by atoms with Crippen molar-refractivity contribution in [2.24, 2.45) is 0 Å². The van der Waals surface area contributed by atoms with Crippen LogP contribution in [0.25, 0.3) is 0 Å². The average Bonchev–Trinajstić information content (AvgIpc) is 2.23. The molecule has 0 aliphatic rings. The number of hydrogen-bond acceptors (Lipinski definition) is 4. The molecule has 1 aromatic rings. The Hall–Kier alpha value is -1.07. The molecular weight excluding hydrogens is 228 g/mol. The summed E-state index contributed by atoms with van der Waals surface area (Å²) in [6, 6.07) is 7.91. The summed E-state index contributed by atoms with van der Waals surface area (Å²) in [7, 11) is -2.92. The number of ether oxygens (including phenoxy) is 1. The first kappa shape index (κ1) is 13.0. The fourth-order valence-electron chi connectivity index (χ4n) is 1.18. The topological polar surface area (TPSA) is 63.6 Å². The van der Waals surface area contributed by atoms with Crippen LogP contribution in [0.1, 0.15) is 12.0 Å². The van der Waals surface area contributed by atoms with Crippen LogP contribution in [0.2, 0.25) is 0 Å². The van der Waals surface area contributed by atoms with E-state index in [1.807, 2.05) is 0 Å². The molecule has 0 fully saturated rings. The number of hydrogen-bond donors (Lipinski definition) is 1. The maximum atomic E-state index is 10.8. The van der Waals surface area contributed by atoms with E-state index in [1.165, 1.54) is 6.26 Å². The third-order valence-electron chi connectivity index (χ3n) is 1.93. The number of rotatable bonds is 6. The zero-order valence-corrected chi connectivity index (χ0v) is 9.96. The van der Waals surface area contributed by atoms with Crippen LogP contribution >= 0.6 is 0 Å². The molecule has 89 valence electrons. The minimum atomic E-state index is -2.92. The summed E-state index contributed by atoms with van der Waals surface area (Å²) in [6.07, 6.45) is 1.67. The summed E-state index contributed by atoms with van der Waals surface area (Å²) in [4.78, 5) is 0. The zero-order chi connectivity index (χ0) is 12.0. The lowest BCUT2D eigenvalue weighted by Gasteiger charge is -2.06. The van der Waals surface area contributed by atoms with Gasteiger partial charge in [-0.15, -0.1) is 0 Å². The van der Waals surface area contributed by atoms with E-state index in [0.29, 0.717) is 24.3 Å². The predicted octanol–water partition coefficient (Wildman–Crippen LogP) is 0.793. The number of sulfone groups is 1. The van der Waals surface area contributed by atoms with Gasteiger partial charge in [0.25, 0.3) is 0 Å². The van der Waals surface area contributed by atoms with E-state index < -0.39 is 9.84 Å². The predicted molar refractivity (Wildman–Crippen MR) is 61.0 cm³/mol. The summed E-state index contributed by atoms with van der Waals surface area (Å²) in [5.41, 5.74) is 0.653. The third-order valence-corrected chi connectivity index (χ3v) is 2.96. The van der Waals surface area contributed by atoms with Crippen LogP contribution < -0.4 is 4.74 Å². The normalized spacial score (nSPS) is 11.4. The van der Waals surface area contributed by atoms with Crippen LogP contribution in [0.15, 0.2) is 18.2 Å². The molecule has 0 spiro atoms. The molecule has 0 bridgehead atoms. The number of aliphatic hydroxyl groups is 1. The Labute approximate surface area is 95.8 Å². The van der Waals surface area contributed by atoms with E-state index >= 15 is 0 Å². The highest BCUT2D eigenvalue weighted by molar-refractivity contribution is 7.90. The van der Waals surface area contributed by atoms with E-state index in [0.717, 1.165) is 0 Å². The lowest BCUT2D eigenvalue weighted by atomic mass is 10.2. The van der Waals surface area contributed by atoms with Gasteiger partial charge in [-0.3, -0.25) is 0 Å². The van der Waals surface area contributed by atoms with Gasteiger partial charge in [0.1, 0.15) is 15.6 Å². The van der Waals surface area contributed by atoms with Crippen molar-refractivity contribution in [2.45, 2.75) is 13.0 Å². The van der Waals surface area contributed by atoms with Crippen LogP contribution in [0.4, 0.5) is 0 Å². The molecule has 0 aliphatic carbocycles. The Balaban J connectivity index is 2.37. The summed E-state index contributed by atoms with van der Waals surface area (Å²) < 4.78 is 27.0. The summed E-state index contributed by atoms with van der Waals surface area (Å²) in [5.74, 6) is 0.745. The molecular formula is C11H15O4S. The first-order valence-corrected chi connectivity index (χ1v) is 6.99. The Morgan fingerprint density at radius 3 is 2.88 bits per heavy atom. The molecule has 0 aromatic heterocycles. The molecule has 0 heterocycles. The number of benzene rings is 1. The maximum absolute atomic E-state index is 10.8. The first-order chi connectivity index (χ1) is 7.51. The molecule has 0 saturated carbocycles. The molecule has 0 amide bonds. The summed E-state index contributed by atoms with van der Waals surface area (Å²) in [6.45, 7) is 0.266. The summed E-state index contributed by atoms with van der Waals surface area (Å²) >= 11 is 0. The Bertz CT molecular complexity index is 425. The maximum Gasteiger partial charge on any atom is 0.147 e. The Morgan fingerprint density at radius 2 is 2.25 bits per heavy atom.